The van der Waals surface area contributed by atoms with Crippen LogP contribution in [0, 0.1) is 9.49 Å². The molecule has 0 unspecified atom stereocenters. The van der Waals surface area contributed by atoms with E-state index < -0.39 is 0 Å². The second kappa shape index (κ2) is 2.77. The van der Waals surface area contributed by atoms with E-state index in [-0.39, 0.29) is 0 Å². The molecule has 3 heteroatoms. The van der Waals surface area contributed by atoms with E-state index in [2.05, 4.69) is 39.7 Å². The zero-order chi connectivity index (χ0) is 7.84. The van der Waals surface area contributed by atoms with Crippen molar-refractivity contribution >= 4 is 22.6 Å². The molecule has 0 aromatic carbocycles. The lowest BCUT2D eigenvalue weighted by Gasteiger charge is -2.31. The van der Waals surface area contributed by atoms with Crippen molar-refractivity contribution in [3.8, 4) is 0 Å². The van der Waals surface area contributed by atoms with Crippen molar-refractivity contribution in [1.82, 2.24) is 10.2 Å². The van der Waals surface area contributed by atoms with E-state index in [1.165, 1.54) is 22.1 Å². The lowest BCUT2D eigenvalue weighted by atomic mass is 9.74. The predicted octanol–water partition coefficient (Wildman–Crippen LogP) is 2.53. The molecule has 1 saturated carbocycles. The number of nitrogens with one attached hydrogen (secondary N) is 1. The summed E-state index contributed by atoms with van der Waals surface area (Å²) in [4.78, 5) is 0. The van der Waals surface area contributed by atoms with Crippen LogP contribution in [0.15, 0.2) is 6.20 Å². The number of H-pyrrole nitrogens is 1. The maximum absolute atomic E-state index is 4.02. The van der Waals surface area contributed by atoms with Gasteiger partial charge in [-0.1, -0.05) is 6.92 Å². The Balaban J connectivity index is 2.12. The number of hydrogen-bond acceptors (Lipinski definition) is 1. The Bertz CT molecular complexity index is 250. The maximum atomic E-state index is 4.02. The van der Waals surface area contributed by atoms with Crippen LogP contribution < -0.4 is 0 Å². The second-order valence-corrected chi connectivity index (χ2v) is 4.57. The third-order valence-electron chi connectivity index (χ3n) is 2.40. The molecule has 1 N–H and O–H groups in total. The van der Waals surface area contributed by atoms with Gasteiger partial charge in [-0.2, -0.15) is 5.10 Å². The molecule has 60 valence electrons. The first kappa shape index (κ1) is 7.58. The summed E-state index contributed by atoms with van der Waals surface area (Å²) in [7, 11) is 0. The lowest BCUT2D eigenvalue weighted by Crippen LogP contribution is -2.19. The van der Waals surface area contributed by atoms with Gasteiger partial charge in [0, 0.05) is 5.92 Å². The Morgan fingerprint density at radius 2 is 2.36 bits per heavy atom. The van der Waals surface area contributed by atoms with Crippen LogP contribution in [0.3, 0.4) is 0 Å². The Labute approximate surface area is 79.9 Å². The quantitative estimate of drug-likeness (QED) is 0.774. The number of aromatic nitrogens is 2. The first-order valence-electron chi connectivity index (χ1n) is 3.96. The molecule has 2 rings (SSSR count). The number of aromatic amines is 1. The summed E-state index contributed by atoms with van der Waals surface area (Å²) in [5, 5.41) is 7.09. The van der Waals surface area contributed by atoms with Crippen LogP contribution in [-0.2, 0) is 0 Å². The van der Waals surface area contributed by atoms with Crippen LogP contribution in [0.5, 0.6) is 0 Å². The highest BCUT2D eigenvalue weighted by Crippen LogP contribution is 2.41. The molecule has 0 amide bonds. The van der Waals surface area contributed by atoms with Gasteiger partial charge in [0.05, 0.1) is 15.5 Å². The van der Waals surface area contributed by atoms with E-state index in [4.69, 9.17) is 0 Å². The van der Waals surface area contributed by atoms with E-state index in [1.54, 1.807) is 0 Å². The highest BCUT2D eigenvalue weighted by Gasteiger charge is 2.29. The molecule has 1 aromatic rings. The fourth-order valence-corrected chi connectivity index (χ4v) is 2.41. The smallest absolute Gasteiger partial charge is 0.0624 e. The molecule has 0 saturated heterocycles. The van der Waals surface area contributed by atoms with Crippen LogP contribution in [0.1, 0.15) is 31.4 Å². The number of rotatable bonds is 1. The molecule has 0 bridgehead atoms. The predicted molar refractivity (Wildman–Crippen MR) is 52.4 cm³/mol. The maximum Gasteiger partial charge on any atom is 0.0624 e. The van der Waals surface area contributed by atoms with Crippen molar-refractivity contribution in [3.63, 3.8) is 0 Å². The second-order valence-electron chi connectivity index (χ2n) is 3.41. The first-order valence-corrected chi connectivity index (χ1v) is 5.04. The summed E-state index contributed by atoms with van der Waals surface area (Å²) < 4.78 is 1.29. The molecule has 0 spiro atoms. The summed E-state index contributed by atoms with van der Waals surface area (Å²) in [5.74, 6) is 1.68. The molecule has 1 aliphatic rings. The van der Waals surface area contributed by atoms with Crippen LogP contribution in [0.4, 0.5) is 0 Å². The van der Waals surface area contributed by atoms with E-state index in [0.717, 1.165) is 11.8 Å². The molecular weight excluding hydrogens is 251 g/mol. The fraction of sp³-hybridized carbons (Fsp3) is 0.625. The van der Waals surface area contributed by atoms with Gasteiger partial charge in [-0.15, -0.1) is 0 Å². The Kier molecular flexibility index (Phi) is 1.91. The average molecular weight is 262 g/mol. The molecule has 1 fully saturated rings. The molecule has 1 aromatic heterocycles. The molecular formula is C8H11IN2. The van der Waals surface area contributed by atoms with E-state index in [1.807, 2.05) is 6.20 Å². The minimum Gasteiger partial charge on any atom is -0.281 e. The largest absolute Gasteiger partial charge is 0.281 e. The number of nitrogens with zero attached hydrogens (tertiary/aromatic N) is 1. The summed E-state index contributed by atoms with van der Waals surface area (Å²) >= 11 is 2.34. The van der Waals surface area contributed by atoms with Crippen LogP contribution in [-0.4, -0.2) is 10.2 Å². The third kappa shape index (κ3) is 1.30. The Hall–Kier alpha value is -0.0600. The van der Waals surface area contributed by atoms with E-state index >= 15 is 0 Å². The molecule has 1 heterocycles. The van der Waals surface area contributed by atoms with Crippen molar-refractivity contribution in [2.24, 2.45) is 5.92 Å². The SMILES string of the molecule is CC1CC(c2[nH]ncc2I)C1. The van der Waals surface area contributed by atoms with Gasteiger partial charge in [0.2, 0.25) is 0 Å². The number of halogens is 1. The van der Waals surface area contributed by atoms with Crippen molar-refractivity contribution in [3.05, 3.63) is 15.5 Å². The lowest BCUT2D eigenvalue weighted by molar-refractivity contribution is 0.282. The van der Waals surface area contributed by atoms with Crippen molar-refractivity contribution in [2.75, 3.05) is 0 Å². The summed E-state index contributed by atoms with van der Waals surface area (Å²) in [6, 6.07) is 0. The highest BCUT2D eigenvalue weighted by atomic mass is 127. The molecule has 0 atom stereocenters. The molecule has 0 aliphatic heterocycles. The minimum absolute atomic E-state index is 0.763. The minimum atomic E-state index is 0.763. The van der Waals surface area contributed by atoms with Crippen LogP contribution in [0.25, 0.3) is 0 Å². The number of hydrogen-bond donors (Lipinski definition) is 1. The van der Waals surface area contributed by atoms with Gasteiger partial charge in [0.1, 0.15) is 0 Å². The molecule has 11 heavy (non-hydrogen) atoms. The Morgan fingerprint density at radius 3 is 2.82 bits per heavy atom. The normalized spacial score (nSPS) is 30.0. The highest BCUT2D eigenvalue weighted by molar-refractivity contribution is 14.1. The van der Waals surface area contributed by atoms with Gasteiger partial charge in [-0.3, -0.25) is 5.10 Å². The van der Waals surface area contributed by atoms with Crippen molar-refractivity contribution in [1.29, 1.82) is 0 Å². The zero-order valence-corrected chi connectivity index (χ0v) is 8.63. The first-order chi connectivity index (χ1) is 5.27. The summed E-state index contributed by atoms with van der Waals surface area (Å²) in [6.45, 7) is 2.31. The molecule has 1 aliphatic carbocycles. The van der Waals surface area contributed by atoms with Gasteiger partial charge in [-0.25, -0.2) is 0 Å². The van der Waals surface area contributed by atoms with Crippen molar-refractivity contribution < 1.29 is 0 Å². The summed E-state index contributed by atoms with van der Waals surface area (Å²) in [6.07, 6.45) is 4.56. The van der Waals surface area contributed by atoms with Crippen LogP contribution >= 0.6 is 22.6 Å². The van der Waals surface area contributed by atoms with Gasteiger partial charge < -0.3 is 0 Å². The Morgan fingerprint density at radius 1 is 1.64 bits per heavy atom. The standard InChI is InChI=1S/C8H11IN2/c1-5-2-6(3-5)8-7(9)4-10-11-8/h4-6H,2-3H2,1H3,(H,10,11). The zero-order valence-electron chi connectivity index (χ0n) is 6.47. The van der Waals surface area contributed by atoms with Gasteiger partial charge in [0.15, 0.2) is 0 Å². The van der Waals surface area contributed by atoms with Gasteiger partial charge in [-0.05, 0) is 41.4 Å². The van der Waals surface area contributed by atoms with Crippen molar-refractivity contribution in [2.45, 2.75) is 25.7 Å². The molecule has 0 radical (unpaired) electrons. The molecule has 2 nitrogen and oxygen atoms in total. The average Bonchev–Trinajstić information content (AvgIpc) is 2.29. The topological polar surface area (TPSA) is 28.7 Å². The third-order valence-corrected chi connectivity index (χ3v) is 3.26. The van der Waals surface area contributed by atoms with E-state index in [0.29, 0.717) is 0 Å². The summed E-state index contributed by atoms with van der Waals surface area (Å²) in [5.41, 5.74) is 1.35. The van der Waals surface area contributed by atoms with Crippen LogP contribution in [0.2, 0.25) is 0 Å². The van der Waals surface area contributed by atoms with Gasteiger partial charge >= 0.3 is 0 Å². The van der Waals surface area contributed by atoms with E-state index in [9.17, 15) is 0 Å². The fourth-order valence-electron chi connectivity index (χ4n) is 1.71. The van der Waals surface area contributed by atoms with Gasteiger partial charge in [0.25, 0.3) is 0 Å². The monoisotopic (exact) mass is 262 g/mol.